The zero-order chi connectivity index (χ0) is 12.7. The van der Waals surface area contributed by atoms with Crippen LogP contribution >= 0.6 is 11.8 Å². The van der Waals surface area contributed by atoms with Gasteiger partial charge in [-0.15, -0.1) is 0 Å². The van der Waals surface area contributed by atoms with Crippen LogP contribution < -0.4 is 0 Å². The monoisotopic (exact) mass is 256 g/mol. The predicted molar refractivity (Wildman–Crippen MR) is 72.5 cm³/mol. The maximum atomic E-state index is 12.6. The topological polar surface area (TPSA) is 26.3 Å². The Morgan fingerprint density at radius 1 is 1.24 bits per heavy atom. The second-order valence-corrected chi connectivity index (χ2v) is 7.79. The number of thioether (sulfide) groups is 1. The maximum Gasteiger partial charge on any atom is 0.151 e. The summed E-state index contributed by atoms with van der Waals surface area (Å²) in [5.41, 5.74) is -0.443. The molecule has 0 radical (unpaired) electrons. The smallest absolute Gasteiger partial charge is 0.151 e. The molecular weight excluding hydrogens is 232 g/mol. The second-order valence-electron chi connectivity index (χ2n) is 6.48. The molecule has 3 heteroatoms. The van der Waals surface area contributed by atoms with Crippen molar-refractivity contribution in [1.29, 1.82) is 0 Å². The summed E-state index contributed by atoms with van der Waals surface area (Å²) in [5.74, 6) is 1.66. The SMILES string of the molecule is CC1(C)CC(C(=O)C2CCCCS2)C(C)(C)O1. The number of rotatable bonds is 2. The van der Waals surface area contributed by atoms with E-state index >= 15 is 0 Å². The third-order valence-corrected chi connectivity index (χ3v) is 5.31. The number of carbonyl (C=O) groups excluding carboxylic acids is 1. The van der Waals surface area contributed by atoms with Crippen LogP contribution in [0.1, 0.15) is 53.4 Å². The predicted octanol–water partition coefficient (Wildman–Crippen LogP) is 3.43. The van der Waals surface area contributed by atoms with Crippen LogP contribution in [0.25, 0.3) is 0 Å². The van der Waals surface area contributed by atoms with Crippen LogP contribution in [0, 0.1) is 5.92 Å². The lowest BCUT2D eigenvalue weighted by Gasteiger charge is -2.29. The molecule has 0 aromatic rings. The molecule has 2 nitrogen and oxygen atoms in total. The van der Waals surface area contributed by atoms with Gasteiger partial charge < -0.3 is 4.74 Å². The molecule has 0 aromatic carbocycles. The summed E-state index contributed by atoms with van der Waals surface area (Å²) in [7, 11) is 0. The van der Waals surface area contributed by atoms with Crippen molar-refractivity contribution in [3.8, 4) is 0 Å². The van der Waals surface area contributed by atoms with Gasteiger partial charge in [-0.1, -0.05) is 6.42 Å². The molecule has 2 fully saturated rings. The largest absolute Gasteiger partial charge is 0.369 e. The molecule has 0 bridgehead atoms. The van der Waals surface area contributed by atoms with E-state index in [9.17, 15) is 4.79 Å². The zero-order valence-corrected chi connectivity index (χ0v) is 12.2. The summed E-state index contributed by atoms with van der Waals surface area (Å²) in [5, 5.41) is 0.227. The Kier molecular flexibility index (Phi) is 3.61. The summed E-state index contributed by atoms with van der Waals surface area (Å²) in [6, 6.07) is 0. The highest BCUT2D eigenvalue weighted by Crippen LogP contribution is 2.44. The zero-order valence-electron chi connectivity index (χ0n) is 11.4. The van der Waals surface area contributed by atoms with Gasteiger partial charge in [0.05, 0.1) is 22.4 Å². The van der Waals surface area contributed by atoms with E-state index in [1.54, 1.807) is 0 Å². The van der Waals surface area contributed by atoms with Crippen LogP contribution in [-0.4, -0.2) is 28.0 Å². The highest BCUT2D eigenvalue weighted by atomic mass is 32.2. The molecule has 2 aliphatic heterocycles. The Morgan fingerprint density at radius 2 is 1.94 bits per heavy atom. The highest BCUT2D eigenvalue weighted by Gasteiger charge is 2.50. The number of hydrogen-bond acceptors (Lipinski definition) is 3. The second kappa shape index (κ2) is 4.58. The Bertz CT molecular complexity index is 303. The average molecular weight is 256 g/mol. The molecule has 2 rings (SSSR count). The molecule has 0 aromatic heterocycles. The van der Waals surface area contributed by atoms with Gasteiger partial charge in [0.1, 0.15) is 0 Å². The molecule has 0 amide bonds. The van der Waals surface area contributed by atoms with Gasteiger partial charge in [0.15, 0.2) is 5.78 Å². The van der Waals surface area contributed by atoms with E-state index in [-0.39, 0.29) is 22.4 Å². The minimum atomic E-state index is -0.293. The minimum Gasteiger partial charge on any atom is -0.369 e. The first-order valence-electron chi connectivity index (χ1n) is 6.67. The summed E-state index contributed by atoms with van der Waals surface area (Å²) in [6.07, 6.45) is 4.41. The third kappa shape index (κ3) is 2.87. The first kappa shape index (κ1) is 13.4. The van der Waals surface area contributed by atoms with E-state index in [1.807, 2.05) is 11.8 Å². The lowest BCUT2D eigenvalue weighted by Crippen LogP contribution is -2.38. The molecule has 0 N–H and O–H groups in total. The first-order valence-corrected chi connectivity index (χ1v) is 7.72. The van der Waals surface area contributed by atoms with Crippen LogP contribution in [0.4, 0.5) is 0 Å². The van der Waals surface area contributed by atoms with E-state index in [1.165, 1.54) is 12.8 Å². The normalized spacial score (nSPS) is 35.8. The molecule has 0 saturated carbocycles. The number of carbonyl (C=O) groups is 1. The minimum absolute atomic E-state index is 0.0769. The molecule has 17 heavy (non-hydrogen) atoms. The van der Waals surface area contributed by atoms with Crippen LogP contribution in [0.3, 0.4) is 0 Å². The fourth-order valence-corrected chi connectivity index (χ4v) is 4.51. The van der Waals surface area contributed by atoms with Gasteiger partial charge in [0, 0.05) is 0 Å². The number of Topliss-reactive ketones (excluding diaryl/α,β-unsaturated/α-hetero) is 1. The lowest BCUT2D eigenvalue weighted by atomic mass is 9.82. The molecule has 2 unspecified atom stereocenters. The molecule has 2 aliphatic rings. The standard InChI is InChI=1S/C14H24O2S/c1-13(2)9-10(14(3,4)16-13)12(15)11-7-5-6-8-17-11/h10-11H,5-9H2,1-4H3. The van der Waals surface area contributed by atoms with E-state index in [4.69, 9.17) is 4.74 Å². The Morgan fingerprint density at radius 3 is 2.41 bits per heavy atom. The molecule has 2 atom stereocenters. The molecule has 0 spiro atoms. The Balaban J connectivity index is 2.08. The summed E-state index contributed by atoms with van der Waals surface area (Å²) >= 11 is 1.85. The molecule has 2 saturated heterocycles. The van der Waals surface area contributed by atoms with Crippen molar-refractivity contribution >= 4 is 17.5 Å². The number of ketones is 1. The summed E-state index contributed by atoms with van der Waals surface area (Å²) < 4.78 is 6.03. The van der Waals surface area contributed by atoms with Crippen LogP contribution in [0.15, 0.2) is 0 Å². The van der Waals surface area contributed by atoms with E-state index in [2.05, 4.69) is 27.7 Å². The molecular formula is C14H24O2S. The molecule has 2 heterocycles. The van der Waals surface area contributed by atoms with Crippen molar-refractivity contribution in [2.75, 3.05) is 5.75 Å². The van der Waals surface area contributed by atoms with Gasteiger partial charge in [-0.3, -0.25) is 4.79 Å². The quantitative estimate of drug-likeness (QED) is 0.757. The number of hydrogen-bond donors (Lipinski definition) is 0. The van der Waals surface area contributed by atoms with Crippen LogP contribution in [0.2, 0.25) is 0 Å². The highest BCUT2D eigenvalue weighted by molar-refractivity contribution is 8.00. The van der Waals surface area contributed by atoms with Crippen molar-refractivity contribution in [2.24, 2.45) is 5.92 Å². The van der Waals surface area contributed by atoms with Crippen molar-refractivity contribution in [2.45, 2.75) is 69.8 Å². The average Bonchev–Trinajstić information content (AvgIpc) is 2.47. The fourth-order valence-electron chi connectivity index (χ4n) is 3.19. The van der Waals surface area contributed by atoms with E-state index in [0.717, 1.165) is 18.6 Å². The lowest BCUT2D eigenvalue weighted by molar-refractivity contribution is -0.129. The van der Waals surface area contributed by atoms with Gasteiger partial charge in [-0.05, 0) is 52.7 Å². The summed E-state index contributed by atoms with van der Waals surface area (Å²) in [4.78, 5) is 12.6. The van der Waals surface area contributed by atoms with E-state index < -0.39 is 0 Å². The van der Waals surface area contributed by atoms with Crippen LogP contribution in [-0.2, 0) is 9.53 Å². The van der Waals surface area contributed by atoms with Gasteiger partial charge >= 0.3 is 0 Å². The van der Waals surface area contributed by atoms with Crippen molar-refractivity contribution in [3.63, 3.8) is 0 Å². The Labute approximate surface area is 109 Å². The summed E-state index contributed by atoms with van der Waals surface area (Å²) in [6.45, 7) is 8.32. The van der Waals surface area contributed by atoms with Crippen LogP contribution in [0.5, 0.6) is 0 Å². The van der Waals surface area contributed by atoms with Crippen molar-refractivity contribution in [3.05, 3.63) is 0 Å². The fraction of sp³-hybridized carbons (Fsp3) is 0.929. The number of ether oxygens (including phenoxy) is 1. The Hall–Kier alpha value is -0.0200. The maximum absolute atomic E-state index is 12.6. The van der Waals surface area contributed by atoms with Crippen molar-refractivity contribution in [1.82, 2.24) is 0 Å². The van der Waals surface area contributed by atoms with E-state index in [0.29, 0.717) is 5.78 Å². The van der Waals surface area contributed by atoms with Gasteiger partial charge in [0.25, 0.3) is 0 Å². The third-order valence-electron chi connectivity index (χ3n) is 3.91. The van der Waals surface area contributed by atoms with Crippen molar-refractivity contribution < 1.29 is 9.53 Å². The van der Waals surface area contributed by atoms with Gasteiger partial charge in [-0.25, -0.2) is 0 Å². The van der Waals surface area contributed by atoms with Gasteiger partial charge in [0.2, 0.25) is 0 Å². The molecule has 98 valence electrons. The van der Waals surface area contributed by atoms with Gasteiger partial charge in [-0.2, -0.15) is 11.8 Å². The molecule has 0 aliphatic carbocycles. The first-order chi connectivity index (χ1) is 7.82.